The fraction of sp³-hybridized carbons (Fsp3) is 0.143. The quantitative estimate of drug-likeness (QED) is 0.520. The number of rotatable bonds is 5. The molecular weight excluding hydrogens is 401 g/mol. The number of aromatic hydroxyl groups is 1. The second-order valence-electron chi connectivity index (χ2n) is 6.49. The molecule has 0 atom stereocenters. The first-order valence-corrected chi connectivity index (χ1v) is 8.90. The Labute approximate surface area is 167 Å². The standard InChI is InChI=1S/C21H15F3N2O4/c22-21(23,24)19-7-8-26(25-19)9-10-29-15-5-6-16-18(11-15)30-12-17(20(16)28)13-1-3-14(27)4-2-13/h1-8,11-12,27H,9-10H2. The lowest BCUT2D eigenvalue weighted by molar-refractivity contribution is -0.141. The van der Waals surface area contributed by atoms with Gasteiger partial charge in [0.25, 0.3) is 0 Å². The number of phenols is 1. The molecule has 0 amide bonds. The molecule has 0 aliphatic rings. The van der Waals surface area contributed by atoms with Crippen molar-refractivity contribution in [3.63, 3.8) is 0 Å². The number of hydrogen-bond acceptors (Lipinski definition) is 5. The van der Waals surface area contributed by atoms with E-state index in [0.717, 1.165) is 10.7 Å². The minimum absolute atomic E-state index is 0.0836. The minimum atomic E-state index is -4.49. The van der Waals surface area contributed by atoms with Crippen molar-refractivity contribution in [1.82, 2.24) is 9.78 Å². The lowest BCUT2D eigenvalue weighted by Gasteiger charge is -2.08. The van der Waals surface area contributed by atoms with E-state index in [4.69, 9.17) is 9.15 Å². The van der Waals surface area contributed by atoms with Crippen molar-refractivity contribution in [3.05, 3.63) is 76.9 Å². The fourth-order valence-electron chi connectivity index (χ4n) is 2.93. The third-order valence-corrected chi connectivity index (χ3v) is 4.44. The van der Waals surface area contributed by atoms with E-state index in [1.54, 1.807) is 30.3 Å². The molecule has 4 rings (SSSR count). The molecule has 0 saturated carbocycles. The summed E-state index contributed by atoms with van der Waals surface area (Å²) in [6, 6.07) is 11.8. The lowest BCUT2D eigenvalue weighted by Crippen LogP contribution is -2.11. The molecule has 0 bridgehead atoms. The summed E-state index contributed by atoms with van der Waals surface area (Å²) in [7, 11) is 0. The molecule has 0 aliphatic carbocycles. The van der Waals surface area contributed by atoms with E-state index in [2.05, 4.69) is 5.10 Å². The van der Waals surface area contributed by atoms with Crippen molar-refractivity contribution in [2.45, 2.75) is 12.7 Å². The Morgan fingerprint density at radius 1 is 1.10 bits per heavy atom. The summed E-state index contributed by atoms with van der Waals surface area (Å²) in [6.07, 6.45) is -1.92. The van der Waals surface area contributed by atoms with E-state index in [1.807, 2.05) is 0 Å². The van der Waals surface area contributed by atoms with E-state index in [9.17, 15) is 23.1 Å². The average Bonchev–Trinajstić information content (AvgIpc) is 3.19. The summed E-state index contributed by atoms with van der Waals surface area (Å²) < 4.78 is 50.0. The van der Waals surface area contributed by atoms with Crippen LogP contribution in [0.1, 0.15) is 5.69 Å². The van der Waals surface area contributed by atoms with Crippen LogP contribution < -0.4 is 10.2 Å². The number of ether oxygens (including phenoxy) is 1. The third-order valence-electron chi connectivity index (χ3n) is 4.44. The van der Waals surface area contributed by atoms with Crippen molar-refractivity contribution in [1.29, 1.82) is 0 Å². The highest BCUT2D eigenvalue weighted by Crippen LogP contribution is 2.27. The first kappa shape index (κ1) is 19.6. The number of benzene rings is 2. The van der Waals surface area contributed by atoms with Crippen molar-refractivity contribution in [3.8, 4) is 22.6 Å². The molecule has 0 saturated heterocycles. The zero-order chi connectivity index (χ0) is 21.3. The van der Waals surface area contributed by atoms with Gasteiger partial charge in [0, 0.05) is 12.3 Å². The van der Waals surface area contributed by atoms with Gasteiger partial charge in [-0.3, -0.25) is 9.48 Å². The summed E-state index contributed by atoms with van der Waals surface area (Å²) in [4.78, 5) is 12.7. The Hall–Kier alpha value is -3.75. The molecule has 0 spiro atoms. The maximum Gasteiger partial charge on any atom is 0.435 e. The number of nitrogens with zero attached hydrogens (tertiary/aromatic N) is 2. The van der Waals surface area contributed by atoms with Crippen LogP contribution in [-0.2, 0) is 12.7 Å². The molecule has 0 aliphatic heterocycles. The van der Waals surface area contributed by atoms with Gasteiger partial charge in [0.1, 0.15) is 30.0 Å². The van der Waals surface area contributed by atoms with Crippen LogP contribution in [0.4, 0.5) is 13.2 Å². The summed E-state index contributed by atoms with van der Waals surface area (Å²) in [6.45, 7) is 0.207. The molecular formula is C21H15F3N2O4. The number of aromatic nitrogens is 2. The maximum absolute atomic E-state index is 12.7. The van der Waals surface area contributed by atoms with Crippen LogP contribution in [0.15, 0.2) is 70.2 Å². The zero-order valence-corrected chi connectivity index (χ0v) is 15.4. The monoisotopic (exact) mass is 416 g/mol. The SMILES string of the molecule is O=c1c(-c2ccc(O)cc2)coc2cc(OCCn3ccc(C(F)(F)F)n3)ccc12. The smallest absolute Gasteiger partial charge is 0.435 e. The topological polar surface area (TPSA) is 77.5 Å². The Morgan fingerprint density at radius 2 is 1.87 bits per heavy atom. The normalized spacial score (nSPS) is 11.7. The molecule has 6 nitrogen and oxygen atoms in total. The number of hydrogen-bond donors (Lipinski definition) is 1. The van der Waals surface area contributed by atoms with Crippen LogP contribution >= 0.6 is 0 Å². The second kappa shape index (κ2) is 7.58. The predicted octanol–water partition coefficient (Wildman–Crippen LogP) is 4.46. The Kier molecular flexibility index (Phi) is 4.94. The van der Waals surface area contributed by atoms with E-state index in [-0.39, 0.29) is 24.3 Å². The Balaban J connectivity index is 1.48. The molecule has 2 heterocycles. The first-order valence-electron chi connectivity index (χ1n) is 8.90. The molecule has 0 unspecified atom stereocenters. The highest BCUT2D eigenvalue weighted by atomic mass is 19.4. The third kappa shape index (κ3) is 4.00. The van der Waals surface area contributed by atoms with Gasteiger partial charge >= 0.3 is 6.18 Å². The maximum atomic E-state index is 12.7. The zero-order valence-electron chi connectivity index (χ0n) is 15.4. The van der Waals surface area contributed by atoms with Crippen LogP contribution in [0.3, 0.4) is 0 Å². The highest BCUT2D eigenvalue weighted by Gasteiger charge is 2.33. The van der Waals surface area contributed by atoms with Gasteiger partial charge in [0.15, 0.2) is 11.1 Å². The summed E-state index contributed by atoms with van der Waals surface area (Å²) in [5.41, 5.74) is 0.0964. The Bertz CT molecular complexity index is 1240. The van der Waals surface area contributed by atoms with E-state index in [0.29, 0.717) is 27.8 Å². The summed E-state index contributed by atoms with van der Waals surface area (Å²) in [5, 5.41) is 13.2. The molecule has 154 valence electrons. The molecule has 9 heteroatoms. The summed E-state index contributed by atoms with van der Waals surface area (Å²) >= 11 is 0. The van der Waals surface area contributed by atoms with Crippen molar-refractivity contribution in [2.24, 2.45) is 0 Å². The van der Waals surface area contributed by atoms with E-state index in [1.165, 1.54) is 24.6 Å². The molecule has 4 aromatic rings. The second-order valence-corrected chi connectivity index (χ2v) is 6.49. The first-order chi connectivity index (χ1) is 14.3. The molecule has 0 radical (unpaired) electrons. The van der Waals surface area contributed by atoms with Gasteiger partial charge in [-0.25, -0.2) is 0 Å². The average molecular weight is 416 g/mol. The number of halogens is 3. The van der Waals surface area contributed by atoms with Gasteiger partial charge in [-0.05, 0) is 35.9 Å². The van der Waals surface area contributed by atoms with Crippen molar-refractivity contribution >= 4 is 11.0 Å². The van der Waals surface area contributed by atoms with Gasteiger partial charge in [-0.1, -0.05) is 12.1 Å². The lowest BCUT2D eigenvalue weighted by atomic mass is 10.1. The number of phenolic OH excluding ortho intramolecular Hbond substituents is 1. The highest BCUT2D eigenvalue weighted by molar-refractivity contribution is 5.82. The van der Waals surface area contributed by atoms with Gasteiger partial charge in [0.05, 0.1) is 17.5 Å². The van der Waals surface area contributed by atoms with Crippen LogP contribution in [0.25, 0.3) is 22.1 Å². The van der Waals surface area contributed by atoms with E-state index >= 15 is 0 Å². The van der Waals surface area contributed by atoms with Gasteiger partial charge in [0.2, 0.25) is 0 Å². The van der Waals surface area contributed by atoms with Gasteiger partial charge < -0.3 is 14.3 Å². The van der Waals surface area contributed by atoms with Crippen molar-refractivity contribution < 1.29 is 27.4 Å². The number of alkyl halides is 3. The van der Waals surface area contributed by atoms with E-state index < -0.39 is 11.9 Å². The van der Waals surface area contributed by atoms with Crippen molar-refractivity contribution in [2.75, 3.05) is 6.61 Å². The van der Waals surface area contributed by atoms with Gasteiger partial charge in [-0.15, -0.1) is 0 Å². The molecule has 30 heavy (non-hydrogen) atoms. The molecule has 1 N–H and O–H groups in total. The molecule has 2 aromatic carbocycles. The van der Waals surface area contributed by atoms with Crippen LogP contribution in [0.2, 0.25) is 0 Å². The largest absolute Gasteiger partial charge is 0.508 e. The molecule has 0 fully saturated rings. The van der Waals surface area contributed by atoms with Crippen LogP contribution in [-0.4, -0.2) is 21.5 Å². The van der Waals surface area contributed by atoms with Crippen LogP contribution in [0, 0.1) is 0 Å². The minimum Gasteiger partial charge on any atom is -0.508 e. The summed E-state index contributed by atoms with van der Waals surface area (Å²) in [5.74, 6) is 0.502. The van der Waals surface area contributed by atoms with Gasteiger partial charge in [-0.2, -0.15) is 18.3 Å². The Morgan fingerprint density at radius 3 is 2.57 bits per heavy atom. The number of fused-ring (bicyclic) bond motifs is 1. The predicted molar refractivity (Wildman–Crippen MR) is 102 cm³/mol. The molecule has 2 aromatic heterocycles. The van der Waals surface area contributed by atoms with Crippen LogP contribution in [0.5, 0.6) is 11.5 Å². The fourth-order valence-corrected chi connectivity index (χ4v) is 2.93.